The van der Waals surface area contributed by atoms with Gasteiger partial charge in [-0.3, -0.25) is 4.79 Å². The van der Waals surface area contributed by atoms with Crippen LogP contribution in [0.3, 0.4) is 0 Å². The number of amides is 1. The Morgan fingerprint density at radius 2 is 2.17 bits per heavy atom. The van der Waals surface area contributed by atoms with Crippen molar-refractivity contribution in [3.05, 3.63) is 41.6 Å². The molecule has 6 nitrogen and oxygen atoms in total. The summed E-state index contributed by atoms with van der Waals surface area (Å²) in [4.78, 5) is 23.6. The van der Waals surface area contributed by atoms with Crippen LogP contribution in [-0.4, -0.2) is 35.5 Å². The number of hydrogen-bond donors (Lipinski definition) is 1. The molecular formula is C18H24N4O2. The molecule has 1 atom stereocenters. The van der Waals surface area contributed by atoms with Crippen LogP contribution in [-0.2, 0) is 11.2 Å². The molecule has 1 aliphatic rings. The molecule has 3 heterocycles. The molecule has 0 aromatic carbocycles. The molecule has 2 aromatic heterocycles. The van der Waals surface area contributed by atoms with E-state index >= 15 is 0 Å². The average molecular weight is 328 g/mol. The smallest absolute Gasteiger partial charge is 0.225 e. The van der Waals surface area contributed by atoms with E-state index in [1.54, 1.807) is 6.26 Å². The summed E-state index contributed by atoms with van der Waals surface area (Å²) in [5.74, 6) is 1.72. The molecule has 1 fully saturated rings. The number of anilines is 1. The fraction of sp³-hybridized carbons (Fsp3) is 0.500. The summed E-state index contributed by atoms with van der Waals surface area (Å²) in [6.45, 7) is 6.12. The van der Waals surface area contributed by atoms with Gasteiger partial charge in [0, 0.05) is 37.4 Å². The highest BCUT2D eigenvalue weighted by Gasteiger charge is 2.27. The van der Waals surface area contributed by atoms with E-state index < -0.39 is 0 Å². The SMILES string of the molecule is Cc1cc(C)nc(N2CCC[C@H](C(=O)NCCc3ccco3)C2)n1. The number of piperidine rings is 1. The van der Waals surface area contributed by atoms with E-state index in [1.807, 2.05) is 32.0 Å². The zero-order valence-corrected chi connectivity index (χ0v) is 14.3. The third-order valence-electron chi connectivity index (χ3n) is 4.30. The van der Waals surface area contributed by atoms with Crippen LogP contribution in [0.15, 0.2) is 28.9 Å². The number of aromatic nitrogens is 2. The number of furan rings is 1. The topological polar surface area (TPSA) is 71.3 Å². The van der Waals surface area contributed by atoms with E-state index in [9.17, 15) is 4.79 Å². The lowest BCUT2D eigenvalue weighted by Gasteiger charge is -2.32. The van der Waals surface area contributed by atoms with Crippen molar-refractivity contribution in [2.24, 2.45) is 5.92 Å². The predicted octanol–water partition coefficient (Wildman–Crippen LogP) is 2.26. The van der Waals surface area contributed by atoms with Crippen molar-refractivity contribution in [2.45, 2.75) is 33.1 Å². The summed E-state index contributed by atoms with van der Waals surface area (Å²) in [7, 11) is 0. The quantitative estimate of drug-likeness (QED) is 0.911. The molecule has 6 heteroatoms. The van der Waals surface area contributed by atoms with E-state index in [0.29, 0.717) is 13.1 Å². The largest absolute Gasteiger partial charge is 0.469 e. The van der Waals surface area contributed by atoms with Gasteiger partial charge in [-0.25, -0.2) is 9.97 Å². The van der Waals surface area contributed by atoms with Crippen LogP contribution < -0.4 is 10.2 Å². The summed E-state index contributed by atoms with van der Waals surface area (Å²) in [5.41, 5.74) is 1.92. The fourth-order valence-electron chi connectivity index (χ4n) is 3.13. The van der Waals surface area contributed by atoms with Gasteiger partial charge in [-0.15, -0.1) is 0 Å². The molecule has 3 rings (SSSR count). The number of carbonyl (C=O) groups excluding carboxylic acids is 1. The van der Waals surface area contributed by atoms with Crippen molar-refractivity contribution >= 4 is 11.9 Å². The first-order valence-electron chi connectivity index (χ1n) is 8.49. The number of aryl methyl sites for hydroxylation is 2. The van der Waals surface area contributed by atoms with Crippen molar-refractivity contribution in [2.75, 3.05) is 24.5 Å². The van der Waals surface area contributed by atoms with E-state index in [-0.39, 0.29) is 11.8 Å². The number of hydrogen-bond acceptors (Lipinski definition) is 5. The Bertz CT molecular complexity index is 664. The predicted molar refractivity (Wildman–Crippen MR) is 91.9 cm³/mol. The van der Waals surface area contributed by atoms with Crippen LogP contribution in [0.1, 0.15) is 30.0 Å². The second-order valence-electron chi connectivity index (χ2n) is 6.36. The van der Waals surface area contributed by atoms with Gasteiger partial charge in [-0.05, 0) is 44.9 Å². The second kappa shape index (κ2) is 7.47. The van der Waals surface area contributed by atoms with Crippen LogP contribution >= 0.6 is 0 Å². The van der Waals surface area contributed by atoms with Gasteiger partial charge in [-0.1, -0.05) is 0 Å². The maximum absolute atomic E-state index is 12.4. The minimum Gasteiger partial charge on any atom is -0.469 e. The molecule has 0 aliphatic carbocycles. The first kappa shape index (κ1) is 16.5. The second-order valence-corrected chi connectivity index (χ2v) is 6.36. The Kier molecular flexibility index (Phi) is 5.13. The minimum absolute atomic E-state index is 0.0141. The summed E-state index contributed by atoms with van der Waals surface area (Å²) in [6.07, 6.45) is 4.26. The lowest BCUT2D eigenvalue weighted by Crippen LogP contribution is -2.44. The maximum Gasteiger partial charge on any atom is 0.225 e. The first-order chi connectivity index (χ1) is 11.6. The van der Waals surface area contributed by atoms with Gasteiger partial charge in [0.15, 0.2) is 0 Å². The fourth-order valence-corrected chi connectivity index (χ4v) is 3.13. The highest BCUT2D eigenvalue weighted by molar-refractivity contribution is 5.79. The van der Waals surface area contributed by atoms with Crippen molar-refractivity contribution in [1.29, 1.82) is 0 Å². The Balaban J connectivity index is 1.55. The van der Waals surface area contributed by atoms with Crippen molar-refractivity contribution < 1.29 is 9.21 Å². The molecule has 1 aliphatic heterocycles. The normalized spacial score (nSPS) is 17.8. The molecule has 0 saturated carbocycles. The first-order valence-corrected chi connectivity index (χ1v) is 8.49. The monoisotopic (exact) mass is 328 g/mol. The Morgan fingerprint density at radius 1 is 1.38 bits per heavy atom. The summed E-state index contributed by atoms with van der Waals surface area (Å²) >= 11 is 0. The van der Waals surface area contributed by atoms with Gasteiger partial charge in [0.05, 0.1) is 12.2 Å². The zero-order chi connectivity index (χ0) is 16.9. The molecule has 0 spiro atoms. The van der Waals surface area contributed by atoms with E-state index in [1.165, 1.54) is 0 Å². The molecule has 1 amide bonds. The molecule has 128 valence electrons. The van der Waals surface area contributed by atoms with E-state index in [2.05, 4.69) is 20.2 Å². The third kappa shape index (κ3) is 4.13. The molecule has 2 aromatic rings. The van der Waals surface area contributed by atoms with Gasteiger partial charge in [0.1, 0.15) is 5.76 Å². The van der Waals surface area contributed by atoms with Crippen LogP contribution in [0.25, 0.3) is 0 Å². The lowest BCUT2D eigenvalue weighted by molar-refractivity contribution is -0.125. The van der Waals surface area contributed by atoms with Crippen LogP contribution in [0.4, 0.5) is 5.95 Å². The van der Waals surface area contributed by atoms with Crippen molar-refractivity contribution in [1.82, 2.24) is 15.3 Å². The standard InChI is InChI=1S/C18H24N4O2/c1-13-11-14(2)21-18(20-13)22-9-3-5-15(12-22)17(23)19-8-7-16-6-4-10-24-16/h4,6,10-11,15H,3,5,7-9,12H2,1-2H3,(H,19,23)/t15-/m0/s1. The lowest BCUT2D eigenvalue weighted by atomic mass is 9.97. The van der Waals surface area contributed by atoms with Crippen molar-refractivity contribution in [3.8, 4) is 0 Å². The molecule has 0 radical (unpaired) electrons. The number of rotatable bonds is 5. The van der Waals surface area contributed by atoms with Gasteiger partial charge < -0.3 is 14.6 Å². The summed E-state index contributed by atoms with van der Waals surface area (Å²) < 4.78 is 5.28. The Hall–Kier alpha value is -2.37. The van der Waals surface area contributed by atoms with Crippen LogP contribution in [0.2, 0.25) is 0 Å². The molecule has 24 heavy (non-hydrogen) atoms. The van der Waals surface area contributed by atoms with Gasteiger partial charge >= 0.3 is 0 Å². The molecule has 0 bridgehead atoms. The van der Waals surface area contributed by atoms with Crippen LogP contribution in [0.5, 0.6) is 0 Å². The maximum atomic E-state index is 12.4. The van der Waals surface area contributed by atoms with Gasteiger partial charge in [-0.2, -0.15) is 0 Å². The zero-order valence-electron chi connectivity index (χ0n) is 14.3. The van der Waals surface area contributed by atoms with Gasteiger partial charge in [0.25, 0.3) is 0 Å². The van der Waals surface area contributed by atoms with E-state index in [4.69, 9.17) is 4.42 Å². The molecule has 1 N–H and O–H groups in total. The summed E-state index contributed by atoms with van der Waals surface area (Å²) in [6, 6.07) is 5.75. The average Bonchev–Trinajstić information content (AvgIpc) is 3.07. The molecule has 0 unspecified atom stereocenters. The number of nitrogens with one attached hydrogen (secondary N) is 1. The highest BCUT2D eigenvalue weighted by Crippen LogP contribution is 2.21. The Labute approximate surface area is 142 Å². The number of nitrogens with zero attached hydrogens (tertiary/aromatic N) is 3. The highest BCUT2D eigenvalue weighted by atomic mass is 16.3. The van der Waals surface area contributed by atoms with Crippen molar-refractivity contribution in [3.63, 3.8) is 0 Å². The van der Waals surface area contributed by atoms with E-state index in [0.717, 1.165) is 48.9 Å². The summed E-state index contributed by atoms with van der Waals surface area (Å²) in [5, 5.41) is 3.02. The number of carbonyl (C=O) groups is 1. The van der Waals surface area contributed by atoms with Crippen LogP contribution in [0, 0.1) is 19.8 Å². The molecule has 1 saturated heterocycles. The van der Waals surface area contributed by atoms with Gasteiger partial charge in [0.2, 0.25) is 11.9 Å². The third-order valence-corrected chi connectivity index (χ3v) is 4.30. The molecular weight excluding hydrogens is 304 g/mol. The Morgan fingerprint density at radius 3 is 2.88 bits per heavy atom. The minimum atomic E-state index is -0.0141.